The first-order chi connectivity index (χ1) is 14.1. The van der Waals surface area contributed by atoms with E-state index in [4.69, 9.17) is 0 Å². The van der Waals surface area contributed by atoms with Crippen LogP contribution in [0.15, 0.2) is 30.6 Å². The number of rotatable bonds is 3. The molecule has 2 aliphatic rings. The Kier molecular flexibility index (Phi) is 4.42. The molecular formula is C19H16F2N6OS. The lowest BCUT2D eigenvalue weighted by Gasteiger charge is -2.25. The van der Waals surface area contributed by atoms with Crippen LogP contribution in [0.4, 0.5) is 20.3 Å². The summed E-state index contributed by atoms with van der Waals surface area (Å²) in [5, 5.41) is 7.97. The molecule has 3 aromatic heterocycles. The fourth-order valence-corrected chi connectivity index (χ4v) is 4.70. The predicted octanol–water partition coefficient (Wildman–Crippen LogP) is 2.89. The molecule has 0 aliphatic carbocycles. The summed E-state index contributed by atoms with van der Waals surface area (Å²) < 4.78 is 28.1. The average Bonchev–Trinajstić information content (AvgIpc) is 3.36. The number of thiazole rings is 1. The second-order valence-electron chi connectivity index (χ2n) is 6.94. The summed E-state index contributed by atoms with van der Waals surface area (Å²) in [6, 6.07) is 5.00. The van der Waals surface area contributed by atoms with Crippen LogP contribution in [-0.4, -0.2) is 51.9 Å². The highest BCUT2D eigenvalue weighted by Gasteiger charge is 2.30. The van der Waals surface area contributed by atoms with Gasteiger partial charge < -0.3 is 9.80 Å². The zero-order chi connectivity index (χ0) is 20.0. The maximum Gasteiger partial charge on any atom is 0.270 e. The first-order valence-electron chi connectivity index (χ1n) is 9.24. The minimum Gasteiger partial charge on any atom is -0.353 e. The van der Waals surface area contributed by atoms with Crippen LogP contribution in [0.5, 0.6) is 0 Å². The molecule has 1 unspecified atom stereocenters. The van der Waals surface area contributed by atoms with Gasteiger partial charge in [0, 0.05) is 19.5 Å². The summed E-state index contributed by atoms with van der Waals surface area (Å²) in [5.41, 5.74) is 1.57. The minimum absolute atomic E-state index is 0.181. The van der Waals surface area contributed by atoms with Crippen molar-refractivity contribution in [3.63, 3.8) is 0 Å². The van der Waals surface area contributed by atoms with Gasteiger partial charge in [0.2, 0.25) is 5.95 Å². The Balaban J connectivity index is 1.43. The zero-order valence-corrected chi connectivity index (χ0v) is 16.1. The number of nitrogens with zero attached hydrogens (tertiary/aromatic N) is 6. The van der Waals surface area contributed by atoms with Gasteiger partial charge in [0.1, 0.15) is 21.9 Å². The van der Waals surface area contributed by atoms with Crippen molar-refractivity contribution >= 4 is 28.7 Å². The van der Waals surface area contributed by atoms with Gasteiger partial charge in [-0.05, 0) is 24.6 Å². The highest BCUT2D eigenvalue weighted by atomic mass is 32.1. The van der Waals surface area contributed by atoms with Gasteiger partial charge >= 0.3 is 0 Å². The van der Waals surface area contributed by atoms with Crippen molar-refractivity contribution in [3.8, 4) is 10.6 Å². The van der Waals surface area contributed by atoms with Gasteiger partial charge in [-0.2, -0.15) is 14.6 Å². The molecule has 1 saturated heterocycles. The van der Waals surface area contributed by atoms with Crippen molar-refractivity contribution in [2.75, 3.05) is 29.4 Å². The lowest BCUT2D eigenvalue weighted by atomic mass is 10.1. The Bertz CT molecular complexity index is 1080. The third-order valence-corrected chi connectivity index (χ3v) is 6.23. The Hall–Kier alpha value is -3.01. The quantitative estimate of drug-likeness (QED) is 0.614. The maximum atomic E-state index is 14.7. The van der Waals surface area contributed by atoms with Gasteiger partial charge in [0.25, 0.3) is 5.91 Å². The monoisotopic (exact) mass is 414 g/mol. The van der Waals surface area contributed by atoms with Crippen molar-refractivity contribution in [2.45, 2.75) is 19.0 Å². The van der Waals surface area contributed by atoms with E-state index >= 15 is 0 Å². The second kappa shape index (κ2) is 7.11. The molecule has 7 nitrogen and oxygen atoms in total. The minimum atomic E-state index is -0.908. The van der Waals surface area contributed by atoms with Gasteiger partial charge in [0.05, 0.1) is 35.9 Å². The first-order valence-corrected chi connectivity index (χ1v) is 10.1. The standard InChI is InChI=1S/C19H16F2N6OS/c20-11-4-7-26(10-11)15-2-1-13(17(21)25-15)18-24-14-5-8-27(19(28)16(14)29-18)12-3-6-22-23-9-12/h1-3,6,9,11H,4-5,7-8,10H2. The number of halogens is 2. The van der Waals surface area contributed by atoms with Crippen LogP contribution in [-0.2, 0) is 6.42 Å². The Morgan fingerprint density at radius 2 is 2.03 bits per heavy atom. The summed E-state index contributed by atoms with van der Waals surface area (Å²) in [4.78, 5) is 25.2. The largest absolute Gasteiger partial charge is 0.353 e. The Labute approximate surface area is 169 Å². The van der Waals surface area contributed by atoms with E-state index in [9.17, 15) is 13.6 Å². The van der Waals surface area contributed by atoms with E-state index < -0.39 is 12.1 Å². The Morgan fingerprint density at radius 1 is 1.14 bits per heavy atom. The molecule has 1 atom stereocenters. The summed E-state index contributed by atoms with van der Waals surface area (Å²) in [7, 11) is 0. The molecule has 3 aromatic rings. The summed E-state index contributed by atoms with van der Waals surface area (Å²) in [6.45, 7) is 1.22. The molecule has 0 saturated carbocycles. The average molecular weight is 414 g/mol. The molecule has 0 bridgehead atoms. The van der Waals surface area contributed by atoms with Crippen LogP contribution in [0, 0.1) is 5.95 Å². The fraction of sp³-hybridized carbons (Fsp3) is 0.316. The molecule has 29 heavy (non-hydrogen) atoms. The number of pyridine rings is 1. The molecule has 2 aliphatic heterocycles. The number of carbonyl (C=O) groups is 1. The number of hydrogen-bond acceptors (Lipinski definition) is 7. The van der Waals surface area contributed by atoms with Crippen LogP contribution in [0.1, 0.15) is 21.8 Å². The summed E-state index contributed by atoms with van der Waals surface area (Å²) >= 11 is 1.16. The van der Waals surface area contributed by atoms with Crippen LogP contribution >= 0.6 is 11.3 Å². The van der Waals surface area contributed by atoms with Crippen LogP contribution < -0.4 is 9.80 Å². The van der Waals surface area contributed by atoms with Crippen molar-refractivity contribution < 1.29 is 13.6 Å². The fourth-order valence-electron chi connectivity index (χ4n) is 3.62. The number of hydrogen-bond donors (Lipinski definition) is 0. The lowest BCUT2D eigenvalue weighted by molar-refractivity contribution is 0.0984. The van der Waals surface area contributed by atoms with Crippen LogP contribution in [0.3, 0.4) is 0 Å². The van der Waals surface area contributed by atoms with E-state index in [2.05, 4.69) is 20.2 Å². The van der Waals surface area contributed by atoms with E-state index in [1.807, 2.05) is 0 Å². The molecule has 10 heteroatoms. The van der Waals surface area contributed by atoms with Crippen molar-refractivity contribution in [1.29, 1.82) is 0 Å². The molecular weight excluding hydrogens is 398 g/mol. The number of alkyl halides is 1. The Morgan fingerprint density at radius 3 is 2.76 bits per heavy atom. The SMILES string of the molecule is O=C1c2sc(-c3ccc(N4CCC(F)C4)nc3F)nc2CCN1c1ccnnc1. The number of carbonyl (C=O) groups excluding carboxylic acids is 1. The van der Waals surface area contributed by atoms with E-state index in [1.165, 1.54) is 12.4 Å². The first kappa shape index (κ1) is 18.0. The van der Waals surface area contributed by atoms with Gasteiger partial charge in [-0.25, -0.2) is 14.4 Å². The maximum absolute atomic E-state index is 14.7. The molecule has 5 rings (SSSR count). The van der Waals surface area contributed by atoms with Gasteiger partial charge in [-0.1, -0.05) is 0 Å². The number of fused-ring (bicyclic) bond motifs is 1. The zero-order valence-electron chi connectivity index (χ0n) is 15.3. The topological polar surface area (TPSA) is 75.1 Å². The van der Waals surface area contributed by atoms with Crippen molar-refractivity contribution in [1.82, 2.24) is 20.2 Å². The second-order valence-corrected chi connectivity index (χ2v) is 7.94. The molecule has 0 aromatic carbocycles. The molecule has 148 valence electrons. The van der Waals surface area contributed by atoms with Gasteiger partial charge in [-0.3, -0.25) is 4.79 Å². The normalized spacial score (nSPS) is 19.0. The van der Waals surface area contributed by atoms with E-state index in [-0.39, 0.29) is 18.0 Å². The molecule has 1 fully saturated rings. The summed E-state index contributed by atoms with van der Waals surface area (Å²) in [5.74, 6) is -0.433. The number of amides is 1. The van der Waals surface area contributed by atoms with Gasteiger partial charge in [-0.15, -0.1) is 11.3 Å². The van der Waals surface area contributed by atoms with E-state index in [1.54, 1.807) is 28.0 Å². The summed E-state index contributed by atoms with van der Waals surface area (Å²) in [6.07, 6.45) is 3.15. The van der Waals surface area contributed by atoms with Crippen molar-refractivity contribution in [2.24, 2.45) is 0 Å². The number of anilines is 2. The molecule has 5 heterocycles. The third kappa shape index (κ3) is 3.23. The van der Waals surface area contributed by atoms with Crippen molar-refractivity contribution in [3.05, 3.63) is 47.1 Å². The molecule has 0 N–H and O–H groups in total. The van der Waals surface area contributed by atoms with Crippen LogP contribution in [0.25, 0.3) is 10.6 Å². The van der Waals surface area contributed by atoms with Gasteiger partial charge in [0.15, 0.2) is 0 Å². The van der Waals surface area contributed by atoms with Crippen LogP contribution in [0.2, 0.25) is 0 Å². The predicted molar refractivity (Wildman–Crippen MR) is 104 cm³/mol. The van der Waals surface area contributed by atoms with E-state index in [0.29, 0.717) is 53.0 Å². The third-order valence-electron chi connectivity index (χ3n) is 5.11. The molecule has 0 spiro atoms. The molecule has 0 radical (unpaired) electrons. The number of aromatic nitrogens is 4. The highest BCUT2D eigenvalue weighted by Crippen LogP contribution is 2.34. The highest BCUT2D eigenvalue weighted by molar-refractivity contribution is 7.17. The smallest absolute Gasteiger partial charge is 0.270 e. The molecule has 1 amide bonds. The van der Waals surface area contributed by atoms with E-state index in [0.717, 1.165) is 11.3 Å². The lowest BCUT2D eigenvalue weighted by Crippen LogP contribution is -2.37.